The highest BCUT2D eigenvalue weighted by atomic mass is 35.5. The molecule has 5 heteroatoms. The number of rotatable bonds is 8. The number of alkyl halides is 2. The third-order valence-electron chi connectivity index (χ3n) is 1.26. The quantitative estimate of drug-likeness (QED) is 0.442. The van der Waals surface area contributed by atoms with E-state index in [9.17, 15) is 0 Å². The second-order valence-corrected chi connectivity index (χ2v) is 3.36. The van der Waals surface area contributed by atoms with Gasteiger partial charge in [0, 0.05) is 31.4 Å². The molecule has 0 saturated heterocycles. The molecule has 0 aliphatic heterocycles. The minimum absolute atomic E-state index is 0.250. The smallest absolute Gasteiger partial charge is 0.0555 e. The summed E-state index contributed by atoms with van der Waals surface area (Å²) in [5.74, 6) is 1.33. The summed E-state index contributed by atoms with van der Waals surface area (Å²) in [6.45, 7) is 5.81. The van der Waals surface area contributed by atoms with Crippen LogP contribution in [0.25, 0.3) is 0 Å². The Hall–Kier alpha value is 0.460. The molecule has 0 aromatic rings. The normalized spacial score (nSPS) is 9.43. The van der Waals surface area contributed by atoms with Crippen LogP contribution in [-0.2, 0) is 0 Å². The lowest BCUT2D eigenvalue weighted by Crippen LogP contribution is -2.18. The predicted octanol–water partition coefficient (Wildman–Crippen LogP) is 1.03. The van der Waals surface area contributed by atoms with Gasteiger partial charge in [0.1, 0.15) is 0 Å². The Labute approximate surface area is 97.2 Å². The molecule has 0 fully saturated rings. The molecule has 0 rings (SSSR count). The zero-order valence-corrected chi connectivity index (χ0v) is 10.4. The maximum Gasteiger partial charge on any atom is 0.0555 e. The fourth-order valence-corrected chi connectivity index (χ4v) is 0.907. The minimum Gasteiger partial charge on any atom is -0.395 e. The maximum atomic E-state index is 8.23. The molecule has 0 aromatic carbocycles. The summed E-state index contributed by atoms with van der Waals surface area (Å²) in [6, 6.07) is 0. The topological polar surface area (TPSA) is 44.3 Å². The largest absolute Gasteiger partial charge is 0.395 e. The van der Waals surface area contributed by atoms with Crippen LogP contribution in [0.4, 0.5) is 0 Å². The lowest BCUT2D eigenvalue weighted by molar-refractivity contribution is 0.292. The lowest BCUT2D eigenvalue weighted by atomic mass is 10.5. The van der Waals surface area contributed by atoms with Crippen LogP contribution in [0.2, 0.25) is 0 Å². The van der Waals surface area contributed by atoms with Gasteiger partial charge < -0.3 is 15.7 Å². The standard InChI is InChI=1S/C5H13NO.C4H9Cl2N/c1-2-3-6-4-5-7;5-1-3-7-4-2-6/h6-7H,2-5H2,1H3;7H,1-4H2. The second kappa shape index (κ2) is 19.1. The minimum atomic E-state index is 0.250. The van der Waals surface area contributed by atoms with Gasteiger partial charge in [-0.05, 0) is 13.0 Å². The SMILES string of the molecule is CCCNCCO.ClCCNCCCl. The van der Waals surface area contributed by atoms with Crippen LogP contribution in [0.5, 0.6) is 0 Å². The molecular weight excluding hydrogens is 223 g/mol. The molecule has 14 heavy (non-hydrogen) atoms. The van der Waals surface area contributed by atoms with Gasteiger partial charge in [0.05, 0.1) is 6.61 Å². The first kappa shape index (κ1) is 16.9. The van der Waals surface area contributed by atoms with E-state index in [1.807, 2.05) is 0 Å². The highest BCUT2D eigenvalue weighted by Gasteiger charge is 1.79. The number of hydrogen-bond donors (Lipinski definition) is 3. The zero-order valence-electron chi connectivity index (χ0n) is 8.86. The van der Waals surface area contributed by atoms with Crippen molar-refractivity contribution in [3.63, 3.8) is 0 Å². The Bertz CT molecular complexity index is 69.2. The summed E-state index contributed by atoms with van der Waals surface area (Å²) >= 11 is 10.7. The summed E-state index contributed by atoms with van der Waals surface area (Å²) in [4.78, 5) is 0. The number of nitrogens with one attached hydrogen (secondary N) is 2. The molecule has 0 saturated carbocycles. The van der Waals surface area contributed by atoms with E-state index in [4.69, 9.17) is 28.3 Å². The maximum absolute atomic E-state index is 8.23. The Morgan fingerprint density at radius 3 is 1.79 bits per heavy atom. The molecule has 88 valence electrons. The molecule has 3 nitrogen and oxygen atoms in total. The van der Waals surface area contributed by atoms with Crippen molar-refractivity contribution in [3.8, 4) is 0 Å². The number of aliphatic hydroxyl groups is 1. The van der Waals surface area contributed by atoms with E-state index >= 15 is 0 Å². The van der Waals surface area contributed by atoms with Crippen molar-refractivity contribution in [2.24, 2.45) is 0 Å². The van der Waals surface area contributed by atoms with Gasteiger partial charge in [-0.15, -0.1) is 23.2 Å². The van der Waals surface area contributed by atoms with Gasteiger partial charge in [0.25, 0.3) is 0 Å². The van der Waals surface area contributed by atoms with Crippen molar-refractivity contribution in [1.82, 2.24) is 10.6 Å². The van der Waals surface area contributed by atoms with Gasteiger partial charge in [-0.25, -0.2) is 0 Å². The van der Waals surface area contributed by atoms with Crippen LogP contribution in [0.3, 0.4) is 0 Å². The van der Waals surface area contributed by atoms with E-state index < -0.39 is 0 Å². The summed E-state index contributed by atoms with van der Waals surface area (Å²) in [5, 5.41) is 14.3. The molecule has 0 aliphatic carbocycles. The third-order valence-corrected chi connectivity index (χ3v) is 1.64. The lowest BCUT2D eigenvalue weighted by Gasteiger charge is -1.95. The molecule has 0 atom stereocenters. The fourth-order valence-electron chi connectivity index (χ4n) is 0.639. The van der Waals surface area contributed by atoms with Crippen LogP contribution >= 0.6 is 23.2 Å². The van der Waals surface area contributed by atoms with Crippen LogP contribution in [-0.4, -0.2) is 49.7 Å². The number of hydrogen-bond acceptors (Lipinski definition) is 3. The van der Waals surface area contributed by atoms with E-state index in [-0.39, 0.29) is 6.61 Å². The first-order valence-electron chi connectivity index (χ1n) is 4.97. The van der Waals surface area contributed by atoms with Gasteiger partial charge in [0.15, 0.2) is 0 Å². The Balaban J connectivity index is 0. The Morgan fingerprint density at radius 1 is 0.929 bits per heavy atom. The number of halogens is 2. The molecule has 0 unspecified atom stereocenters. The molecular formula is C9H22Cl2N2O. The molecule has 3 N–H and O–H groups in total. The summed E-state index contributed by atoms with van der Waals surface area (Å²) in [5.41, 5.74) is 0. The van der Waals surface area contributed by atoms with Gasteiger partial charge in [-0.2, -0.15) is 0 Å². The van der Waals surface area contributed by atoms with Gasteiger partial charge in [-0.3, -0.25) is 0 Å². The molecule has 0 radical (unpaired) electrons. The predicted molar refractivity (Wildman–Crippen MR) is 64.6 cm³/mol. The van der Waals surface area contributed by atoms with Crippen LogP contribution in [0, 0.1) is 0 Å². The van der Waals surface area contributed by atoms with Gasteiger partial charge >= 0.3 is 0 Å². The van der Waals surface area contributed by atoms with E-state index in [2.05, 4.69) is 17.6 Å². The highest BCUT2D eigenvalue weighted by molar-refractivity contribution is 6.18. The molecule has 0 bridgehead atoms. The van der Waals surface area contributed by atoms with Crippen molar-refractivity contribution in [2.45, 2.75) is 13.3 Å². The summed E-state index contributed by atoms with van der Waals surface area (Å²) in [7, 11) is 0. The molecule has 0 aromatic heterocycles. The molecule has 0 spiro atoms. The fraction of sp³-hybridized carbons (Fsp3) is 1.00. The van der Waals surface area contributed by atoms with Crippen molar-refractivity contribution in [2.75, 3.05) is 44.5 Å². The Morgan fingerprint density at radius 2 is 1.43 bits per heavy atom. The summed E-state index contributed by atoms with van der Waals surface area (Å²) in [6.07, 6.45) is 1.14. The molecule has 0 aliphatic rings. The van der Waals surface area contributed by atoms with Crippen molar-refractivity contribution in [3.05, 3.63) is 0 Å². The highest BCUT2D eigenvalue weighted by Crippen LogP contribution is 1.71. The monoisotopic (exact) mass is 244 g/mol. The van der Waals surface area contributed by atoms with Gasteiger partial charge in [0.2, 0.25) is 0 Å². The van der Waals surface area contributed by atoms with E-state index in [0.717, 1.165) is 32.6 Å². The first-order valence-corrected chi connectivity index (χ1v) is 6.04. The molecule has 0 heterocycles. The van der Waals surface area contributed by atoms with Crippen LogP contribution in [0.15, 0.2) is 0 Å². The van der Waals surface area contributed by atoms with E-state index in [1.54, 1.807) is 0 Å². The average Bonchev–Trinajstić information content (AvgIpc) is 2.21. The third kappa shape index (κ3) is 22.9. The summed E-state index contributed by atoms with van der Waals surface area (Å²) < 4.78 is 0. The van der Waals surface area contributed by atoms with Crippen LogP contribution in [0.1, 0.15) is 13.3 Å². The number of aliphatic hydroxyl groups excluding tert-OH is 1. The van der Waals surface area contributed by atoms with Gasteiger partial charge in [-0.1, -0.05) is 6.92 Å². The average molecular weight is 245 g/mol. The second-order valence-electron chi connectivity index (χ2n) is 2.60. The molecule has 0 amide bonds. The van der Waals surface area contributed by atoms with E-state index in [0.29, 0.717) is 11.8 Å². The van der Waals surface area contributed by atoms with Crippen molar-refractivity contribution in [1.29, 1.82) is 0 Å². The van der Waals surface area contributed by atoms with Crippen molar-refractivity contribution < 1.29 is 5.11 Å². The van der Waals surface area contributed by atoms with E-state index in [1.165, 1.54) is 0 Å². The van der Waals surface area contributed by atoms with Crippen molar-refractivity contribution >= 4 is 23.2 Å². The Kier molecular flexibility index (Phi) is 23.0. The first-order chi connectivity index (χ1) is 6.83. The zero-order chi connectivity index (χ0) is 11.1. The van der Waals surface area contributed by atoms with Crippen LogP contribution < -0.4 is 10.6 Å².